The first-order chi connectivity index (χ1) is 7.95. The maximum absolute atomic E-state index is 12.0. The number of carbonyl (C=O) groups is 1. The molecule has 3 N–H and O–H groups in total. The molecule has 1 amide bonds. The van der Waals surface area contributed by atoms with Crippen LogP contribution in [-0.2, 0) is 4.74 Å². The highest BCUT2D eigenvalue weighted by Crippen LogP contribution is 2.17. The van der Waals surface area contributed by atoms with Crippen molar-refractivity contribution in [1.82, 2.24) is 5.32 Å². The minimum absolute atomic E-state index is 0.0190. The van der Waals surface area contributed by atoms with Gasteiger partial charge in [0.05, 0.1) is 6.61 Å². The number of benzene rings is 1. The van der Waals surface area contributed by atoms with E-state index in [-0.39, 0.29) is 11.9 Å². The number of anilines is 1. The highest BCUT2D eigenvalue weighted by Gasteiger charge is 2.13. The van der Waals surface area contributed by atoms with Crippen molar-refractivity contribution in [3.05, 3.63) is 28.8 Å². The van der Waals surface area contributed by atoms with Crippen LogP contribution >= 0.6 is 0 Å². The number of amides is 1. The molecule has 0 heterocycles. The van der Waals surface area contributed by atoms with E-state index in [4.69, 9.17) is 10.5 Å². The van der Waals surface area contributed by atoms with Gasteiger partial charge in [-0.1, -0.05) is 6.07 Å². The standard InChI is InChI=1S/C13H20N2O2/c1-8-5-9(2)12(14)6-11(8)13(16)15-10(3)7-17-4/h5-6,10H,7,14H2,1-4H3,(H,15,16). The van der Waals surface area contributed by atoms with E-state index in [1.54, 1.807) is 13.2 Å². The van der Waals surface area contributed by atoms with Gasteiger partial charge < -0.3 is 15.8 Å². The molecular weight excluding hydrogens is 216 g/mol. The van der Waals surface area contributed by atoms with Crippen molar-refractivity contribution >= 4 is 11.6 Å². The molecule has 0 radical (unpaired) electrons. The summed E-state index contributed by atoms with van der Waals surface area (Å²) in [6, 6.07) is 3.62. The maximum Gasteiger partial charge on any atom is 0.251 e. The molecule has 0 bridgehead atoms. The maximum atomic E-state index is 12.0. The Hall–Kier alpha value is -1.55. The van der Waals surface area contributed by atoms with Crippen molar-refractivity contribution in [2.24, 2.45) is 0 Å². The smallest absolute Gasteiger partial charge is 0.251 e. The van der Waals surface area contributed by atoms with Crippen molar-refractivity contribution < 1.29 is 9.53 Å². The van der Waals surface area contributed by atoms with Crippen LogP contribution in [0.3, 0.4) is 0 Å². The molecule has 0 aliphatic carbocycles. The summed E-state index contributed by atoms with van der Waals surface area (Å²) in [5, 5.41) is 2.87. The van der Waals surface area contributed by atoms with Crippen molar-refractivity contribution in [2.75, 3.05) is 19.5 Å². The molecule has 0 aromatic heterocycles. The van der Waals surface area contributed by atoms with Crippen LogP contribution in [0.2, 0.25) is 0 Å². The third kappa shape index (κ3) is 3.46. The molecule has 0 fully saturated rings. The van der Waals surface area contributed by atoms with Gasteiger partial charge in [0.1, 0.15) is 0 Å². The van der Waals surface area contributed by atoms with Crippen LogP contribution < -0.4 is 11.1 Å². The Morgan fingerprint density at radius 2 is 2.06 bits per heavy atom. The summed E-state index contributed by atoms with van der Waals surface area (Å²) in [6.07, 6.45) is 0. The van der Waals surface area contributed by atoms with Crippen LogP contribution in [0.5, 0.6) is 0 Å². The molecule has 1 unspecified atom stereocenters. The SMILES string of the molecule is COCC(C)NC(=O)c1cc(N)c(C)cc1C. The van der Waals surface area contributed by atoms with Crippen molar-refractivity contribution in [3.63, 3.8) is 0 Å². The Kier molecular flexibility index (Phi) is 4.52. The fourth-order valence-corrected chi connectivity index (χ4v) is 1.71. The average Bonchev–Trinajstić information content (AvgIpc) is 2.23. The van der Waals surface area contributed by atoms with Crippen LogP contribution in [0.25, 0.3) is 0 Å². The highest BCUT2D eigenvalue weighted by molar-refractivity contribution is 5.96. The molecule has 1 aromatic carbocycles. The van der Waals surface area contributed by atoms with Crippen molar-refractivity contribution in [3.8, 4) is 0 Å². The zero-order valence-corrected chi connectivity index (χ0v) is 10.8. The molecule has 0 saturated heterocycles. The summed E-state index contributed by atoms with van der Waals surface area (Å²) < 4.78 is 4.97. The summed E-state index contributed by atoms with van der Waals surface area (Å²) in [7, 11) is 1.61. The first-order valence-corrected chi connectivity index (χ1v) is 5.62. The van der Waals surface area contributed by atoms with E-state index in [1.165, 1.54) is 0 Å². The predicted octanol–water partition coefficient (Wildman–Crippen LogP) is 1.65. The van der Waals surface area contributed by atoms with Gasteiger partial charge in [-0.15, -0.1) is 0 Å². The second kappa shape index (κ2) is 5.68. The summed E-state index contributed by atoms with van der Waals surface area (Å²) in [4.78, 5) is 12.0. The van der Waals surface area contributed by atoms with Crippen LogP contribution in [0.4, 0.5) is 5.69 Å². The monoisotopic (exact) mass is 236 g/mol. The summed E-state index contributed by atoms with van der Waals surface area (Å²) >= 11 is 0. The molecule has 1 rings (SSSR count). The Balaban J connectivity index is 2.86. The largest absolute Gasteiger partial charge is 0.398 e. The lowest BCUT2D eigenvalue weighted by Crippen LogP contribution is -2.36. The summed E-state index contributed by atoms with van der Waals surface area (Å²) in [5.41, 5.74) is 8.99. The fourth-order valence-electron chi connectivity index (χ4n) is 1.71. The minimum Gasteiger partial charge on any atom is -0.398 e. The summed E-state index contributed by atoms with van der Waals surface area (Å²) in [5.74, 6) is -0.112. The normalized spacial score (nSPS) is 12.2. The molecule has 1 atom stereocenters. The number of methoxy groups -OCH3 is 1. The van der Waals surface area contributed by atoms with E-state index in [0.717, 1.165) is 11.1 Å². The molecule has 17 heavy (non-hydrogen) atoms. The number of carbonyl (C=O) groups excluding carboxylic acids is 1. The first-order valence-electron chi connectivity index (χ1n) is 5.62. The van der Waals surface area contributed by atoms with Gasteiger partial charge >= 0.3 is 0 Å². The Morgan fingerprint density at radius 3 is 2.65 bits per heavy atom. The second-order valence-electron chi connectivity index (χ2n) is 4.35. The summed E-state index contributed by atoms with van der Waals surface area (Å²) in [6.45, 7) is 6.22. The molecular formula is C13H20N2O2. The van der Waals surface area contributed by atoms with Crippen molar-refractivity contribution in [2.45, 2.75) is 26.8 Å². The zero-order valence-electron chi connectivity index (χ0n) is 10.8. The molecule has 1 aromatic rings. The number of hydrogen-bond donors (Lipinski definition) is 2. The lowest BCUT2D eigenvalue weighted by Gasteiger charge is -2.15. The Labute approximate surface area is 102 Å². The lowest BCUT2D eigenvalue weighted by atomic mass is 10.0. The number of ether oxygens (including phenoxy) is 1. The molecule has 0 saturated carbocycles. The van der Waals surface area contributed by atoms with Gasteiger partial charge in [0.25, 0.3) is 5.91 Å². The Bertz CT molecular complexity index is 416. The van der Waals surface area contributed by atoms with Crippen molar-refractivity contribution in [1.29, 1.82) is 0 Å². The third-order valence-corrected chi connectivity index (χ3v) is 2.65. The molecule has 94 valence electrons. The van der Waals surface area contributed by atoms with Gasteiger partial charge in [0.15, 0.2) is 0 Å². The number of rotatable bonds is 4. The second-order valence-corrected chi connectivity index (χ2v) is 4.35. The van der Waals surface area contributed by atoms with Crippen LogP contribution in [0, 0.1) is 13.8 Å². The van der Waals surface area contributed by atoms with Crippen LogP contribution in [0.1, 0.15) is 28.4 Å². The van der Waals surface area contributed by atoms with Gasteiger partial charge in [-0.05, 0) is 38.0 Å². The molecule has 4 heteroatoms. The predicted molar refractivity (Wildman–Crippen MR) is 69.1 cm³/mol. The van der Waals surface area contributed by atoms with Crippen LogP contribution in [-0.4, -0.2) is 25.7 Å². The molecule has 0 aliphatic heterocycles. The van der Waals surface area contributed by atoms with Gasteiger partial charge in [-0.25, -0.2) is 0 Å². The number of nitrogen functional groups attached to an aromatic ring is 1. The number of nitrogens with two attached hydrogens (primary N) is 1. The third-order valence-electron chi connectivity index (χ3n) is 2.65. The van der Waals surface area contributed by atoms with E-state index < -0.39 is 0 Å². The van der Waals surface area contributed by atoms with Gasteiger partial charge in [0, 0.05) is 24.4 Å². The Morgan fingerprint density at radius 1 is 1.41 bits per heavy atom. The molecule has 0 aliphatic rings. The molecule has 4 nitrogen and oxygen atoms in total. The zero-order chi connectivity index (χ0) is 13.0. The van der Waals surface area contributed by atoms with E-state index in [0.29, 0.717) is 17.9 Å². The van der Waals surface area contributed by atoms with E-state index in [1.807, 2.05) is 26.8 Å². The molecule has 0 spiro atoms. The van der Waals surface area contributed by atoms with Crippen LogP contribution in [0.15, 0.2) is 12.1 Å². The average molecular weight is 236 g/mol. The van der Waals surface area contributed by atoms with E-state index >= 15 is 0 Å². The quantitative estimate of drug-likeness (QED) is 0.781. The highest BCUT2D eigenvalue weighted by atomic mass is 16.5. The number of nitrogens with one attached hydrogen (secondary N) is 1. The minimum atomic E-state index is -0.112. The van der Waals surface area contributed by atoms with E-state index in [2.05, 4.69) is 5.32 Å². The number of hydrogen-bond acceptors (Lipinski definition) is 3. The van der Waals surface area contributed by atoms with E-state index in [9.17, 15) is 4.79 Å². The van der Waals surface area contributed by atoms with Gasteiger partial charge in [0.2, 0.25) is 0 Å². The fraction of sp³-hybridized carbons (Fsp3) is 0.462. The number of aryl methyl sites for hydroxylation is 2. The topological polar surface area (TPSA) is 64.3 Å². The van der Waals surface area contributed by atoms with Gasteiger partial charge in [-0.3, -0.25) is 4.79 Å². The lowest BCUT2D eigenvalue weighted by molar-refractivity contribution is 0.0905. The van der Waals surface area contributed by atoms with Gasteiger partial charge in [-0.2, -0.15) is 0 Å². The first kappa shape index (κ1) is 13.5.